The van der Waals surface area contributed by atoms with Crippen LogP contribution in [0.1, 0.15) is 42.5 Å². The summed E-state index contributed by atoms with van der Waals surface area (Å²) in [5.74, 6) is 1.18. The van der Waals surface area contributed by atoms with Gasteiger partial charge in [0.15, 0.2) is 0 Å². The molecule has 0 bridgehead atoms. The predicted octanol–water partition coefficient (Wildman–Crippen LogP) is 1.68. The summed E-state index contributed by atoms with van der Waals surface area (Å²) in [5.41, 5.74) is 0.471. The van der Waals surface area contributed by atoms with Crippen LogP contribution in [-0.2, 0) is 9.59 Å². The molecule has 2 aliphatic rings. The summed E-state index contributed by atoms with van der Waals surface area (Å²) in [6, 6.07) is 5.06. The molecule has 1 aromatic carbocycles. The maximum atomic E-state index is 12.7. The van der Waals surface area contributed by atoms with Crippen molar-refractivity contribution in [2.75, 3.05) is 46.9 Å². The molecule has 8 heteroatoms. The van der Waals surface area contributed by atoms with E-state index >= 15 is 0 Å². The van der Waals surface area contributed by atoms with Gasteiger partial charge in [0.05, 0.1) is 20.8 Å². The van der Waals surface area contributed by atoms with Gasteiger partial charge in [-0.25, -0.2) is 0 Å². The Morgan fingerprint density at radius 1 is 1.07 bits per heavy atom. The number of carbonyl (C=O) groups is 3. The van der Waals surface area contributed by atoms with E-state index in [0.717, 1.165) is 25.7 Å². The zero-order valence-corrected chi connectivity index (χ0v) is 17.8. The lowest BCUT2D eigenvalue weighted by molar-refractivity contribution is -0.142. The molecule has 0 aromatic heterocycles. The molecule has 0 radical (unpaired) electrons. The van der Waals surface area contributed by atoms with Gasteiger partial charge in [0.2, 0.25) is 11.8 Å². The van der Waals surface area contributed by atoms with Crippen molar-refractivity contribution in [2.45, 2.75) is 32.1 Å². The Kier molecular flexibility index (Phi) is 7.54. The topological polar surface area (TPSA) is 88.2 Å². The van der Waals surface area contributed by atoms with Crippen LogP contribution in [0.2, 0.25) is 0 Å². The van der Waals surface area contributed by atoms with E-state index in [1.54, 1.807) is 37.3 Å². The minimum Gasteiger partial charge on any atom is -0.497 e. The van der Waals surface area contributed by atoms with Gasteiger partial charge in [-0.15, -0.1) is 0 Å². The number of piperidine rings is 2. The minimum atomic E-state index is -0.199. The van der Waals surface area contributed by atoms with Crippen molar-refractivity contribution in [3.05, 3.63) is 23.8 Å². The van der Waals surface area contributed by atoms with Crippen molar-refractivity contribution in [1.29, 1.82) is 0 Å². The van der Waals surface area contributed by atoms with E-state index in [1.807, 2.05) is 4.90 Å². The number of benzene rings is 1. The molecule has 0 saturated carbocycles. The van der Waals surface area contributed by atoms with E-state index in [2.05, 4.69) is 5.32 Å². The van der Waals surface area contributed by atoms with Crippen LogP contribution in [0.25, 0.3) is 0 Å². The van der Waals surface area contributed by atoms with Gasteiger partial charge in [0, 0.05) is 44.2 Å². The Morgan fingerprint density at radius 2 is 1.80 bits per heavy atom. The number of methoxy groups -OCH3 is 2. The molecule has 30 heavy (non-hydrogen) atoms. The Morgan fingerprint density at radius 3 is 2.47 bits per heavy atom. The zero-order valence-electron chi connectivity index (χ0n) is 17.8. The molecule has 0 unspecified atom stereocenters. The molecule has 2 heterocycles. The summed E-state index contributed by atoms with van der Waals surface area (Å²) >= 11 is 0. The molecule has 2 aliphatic heterocycles. The fraction of sp³-hybridized carbons (Fsp3) is 0.591. The van der Waals surface area contributed by atoms with E-state index < -0.39 is 0 Å². The standard InChI is InChI=1S/C22H31N3O5/c1-29-18-10-17(11-19(12-18)30-2)22(28)23-13-16-6-5-9-24(14-16)21(27)15-25-8-4-3-7-20(25)26/h10-12,16H,3-9,13-15H2,1-2H3,(H,23,28)/t16-/m1/s1. The van der Waals surface area contributed by atoms with Crippen LogP contribution < -0.4 is 14.8 Å². The van der Waals surface area contributed by atoms with Gasteiger partial charge in [-0.05, 0) is 43.7 Å². The van der Waals surface area contributed by atoms with E-state index in [-0.39, 0.29) is 30.2 Å². The number of hydrogen-bond donors (Lipinski definition) is 1. The summed E-state index contributed by atoms with van der Waals surface area (Å²) in [6.07, 6.45) is 4.26. The van der Waals surface area contributed by atoms with E-state index in [0.29, 0.717) is 49.7 Å². The summed E-state index contributed by atoms with van der Waals surface area (Å²) in [6.45, 7) is 2.63. The number of hydrogen-bond acceptors (Lipinski definition) is 5. The van der Waals surface area contributed by atoms with Crippen molar-refractivity contribution in [3.63, 3.8) is 0 Å². The lowest BCUT2D eigenvalue weighted by atomic mass is 9.97. The lowest BCUT2D eigenvalue weighted by Crippen LogP contribution is -2.49. The van der Waals surface area contributed by atoms with Gasteiger partial charge in [0.1, 0.15) is 11.5 Å². The molecule has 0 spiro atoms. The third-order valence-corrected chi connectivity index (χ3v) is 5.78. The van der Waals surface area contributed by atoms with Gasteiger partial charge in [-0.3, -0.25) is 14.4 Å². The summed E-state index contributed by atoms with van der Waals surface area (Å²) in [7, 11) is 3.09. The molecule has 2 saturated heterocycles. The van der Waals surface area contributed by atoms with Crippen LogP contribution in [0, 0.1) is 5.92 Å². The second kappa shape index (κ2) is 10.3. The number of nitrogens with one attached hydrogen (secondary N) is 1. The monoisotopic (exact) mass is 417 g/mol. The van der Waals surface area contributed by atoms with Gasteiger partial charge < -0.3 is 24.6 Å². The first-order valence-corrected chi connectivity index (χ1v) is 10.6. The maximum absolute atomic E-state index is 12.7. The van der Waals surface area contributed by atoms with Crippen molar-refractivity contribution in [2.24, 2.45) is 5.92 Å². The first-order chi connectivity index (χ1) is 14.5. The second-order valence-electron chi connectivity index (χ2n) is 7.93. The van der Waals surface area contributed by atoms with Crippen LogP contribution in [-0.4, -0.2) is 74.5 Å². The van der Waals surface area contributed by atoms with Gasteiger partial charge in [0.25, 0.3) is 5.91 Å². The highest BCUT2D eigenvalue weighted by Gasteiger charge is 2.27. The summed E-state index contributed by atoms with van der Waals surface area (Å²) < 4.78 is 10.4. The predicted molar refractivity (Wildman–Crippen MR) is 112 cm³/mol. The normalized spacial score (nSPS) is 19.4. The Hall–Kier alpha value is -2.77. The maximum Gasteiger partial charge on any atom is 0.251 e. The first kappa shape index (κ1) is 21.9. The molecular weight excluding hydrogens is 386 g/mol. The Labute approximate surface area is 177 Å². The van der Waals surface area contributed by atoms with Crippen molar-refractivity contribution in [3.8, 4) is 11.5 Å². The zero-order chi connectivity index (χ0) is 21.5. The second-order valence-corrected chi connectivity index (χ2v) is 7.93. The molecule has 1 N–H and O–H groups in total. The number of likely N-dealkylation sites (tertiary alicyclic amines) is 2. The van der Waals surface area contributed by atoms with Crippen molar-refractivity contribution in [1.82, 2.24) is 15.1 Å². The first-order valence-electron chi connectivity index (χ1n) is 10.6. The molecule has 8 nitrogen and oxygen atoms in total. The van der Waals surface area contributed by atoms with E-state index in [9.17, 15) is 14.4 Å². The van der Waals surface area contributed by atoms with Gasteiger partial charge in [-0.1, -0.05) is 0 Å². The smallest absolute Gasteiger partial charge is 0.251 e. The Bertz CT molecular complexity index is 760. The molecule has 0 aliphatic carbocycles. The molecule has 1 atom stereocenters. The minimum absolute atomic E-state index is 0.00110. The van der Waals surface area contributed by atoms with Crippen LogP contribution in [0.4, 0.5) is 0 Å². The summed E-state index contributed by atoms with van der Waals surface area (Å²) in [4.78, 5) is 40.7. The average molecular weight is 418 g/mol. The quantitative estimate of drug-likeness (QED) is 0.729. The third-order valence-electron chi connectivity index (χ3n) is 5.78. The molecule has 1 aromatic rings. The number of amides is 3. The molecule has 164 valence electrons. The van der Waals surface area contributed by atoms with Crippen LogP contribution in [0.3, 0.4) is 0 Å². The number of nitrogens with zero attached hydrogens (tertiary/aromatic N) is 2. The van der Waals surface area contributed by atoms with Crippen LogP contribution in [0.5, 0.6) is 11.5 Å². The van der Waals surface area contributed by atoms with Crippen molar-refractivity contribution >= 4 is 17.7 Å². The lowest BCUT2D eigenvalue weighted by Gasteiger charge is -2.35. The molecule has 3 amide bonds. The van der Waals surface area contributed by atoms with Gasteiger partial charge >= 0.3 is 0 Å². The largest absolute Gasteiger partial charge is 0.497 e. The third kappa shape index (κ3) is 5.64. The highest BCUT2D eigenvalue weighted by molar-refractivity contribution is 5.95. The molecule has 3 rings (SSSR count). The highest BCUT2D eigenvalue weighted by Crippen LogP contribution is 2.23. The van der Waals surface area contributed by atoms with Crippen molar-refractivity contribution < 1.29 is 23.9 Å². The average Bonchev–Trinajstić information content (AvgIpc) is 2.78. The van der Waals surface area contributed by atoms with Crippen LogP contribution in [0.15, 0.2) is 18.2 Å². The molecular formula is C22H31N3O5. The summed E-state index contributed by atoms with van der Waals surface area (Å²) in [5, 5.41) is 2.97. The Balaban J connectivity index is 1.51. The number of carbonyl (C=O) groups excluding carboxylic acids is 3. The molecule has 2 fully saturated rings. The highest BCUT2D eigenvalue weighted by atomic mass is 16.5. The van der Waals surface area contributed by atoms with E-state index in [4.69, 9.17) is 9.47 Å². The van der Waals surface area contributed by atoms with Crippen LogP contribution >= 0.6 is 0 Å². The fourth-order valence-corrected chi connectivity index (χ4v) is 4.03. The number of ether oxygens (including phenoxy) is 2. The fourth-order valence-electron chi connectivity index (χ4n) is 4.03. The van der Waals surface area contributed by atoms with Gasteiger partial charge in [-0.2, -0.15) is 0 Å². The SMILES string of the molecule is COc1cc(OC)cc(C(=O)NC[C@H]2CCCN(C(=O)CN3CCCCC3=O)C2)c1. The van der Waals surface area contributed by atoms with E-state index in [1.165, 1.54) is 0 Å². The number of rotatable bonds is 7.